The van der Waals surface area contributed by atoms with Crippen LogP contribution in [0.25, 0.3) is 17.3 Å². The normalized spacial score (nSPS) is 11.6. The monoisotopic (exact) mass is 708 g/mol. The predicted octanol–water partition coefficient (Wildman–Crippen LogP) is 7.75. The Morgan fingerprint density at radius 3 is 2.38 bits per heavy atom. The lowest BCUT2D eigenvalue weighted by Gasteiger charge is -2.14. The summed E-state index contributed by atoms with van der Waals surface area (Å²) >= 11 is 2.66. The van der Waals surface area contributed by atoms with Crippen LogP contribution in [0.4, 0.5) is 10.8 Å². The Bertz CT molecular complexity index is 2000. The van der Waals surface area contributed by atoms with Crippen molar-refractivity contribution in [3.05, 3.63) is 119 Å². The zero-order valence-corrected chi connectivity index (χ0v) is 29.5. The van der Waals surface area contributed by atoms with Crippen LogP contribution in [0.2, 0.25) is 0 Å². The summed E-state index contributed by atoms with van der Waals surface area (Å²) in [5, 5.41) is 10.4. The number of hydrogen-bond acceptors (Lipinski definition) is 9. The second-order valence-corrected chi connectivity index (χ2v) is 13.0. The third kappa shape index (κ3) is 9.30. The molecule has 1 heterocycles. The van der Waals surface area contributed by atoms with Crippen LogP contribution in [-0.4, -0.2) is 48.8 Å². The van der Waals surface area contributed by atoms with E-state index in [0.717, 1.165) is 10.5 Å². The van der Waals surface area contributed by atoms with Crippen LogP contribution in [-0.2, 0) is 9.59 Å². The summed E-state index contributed by atoms with van der Waals surface area (Å²) in [6.07, 6.45) is 1.58. The van der Waals surface area contributed by atoms with Crippen molar-refractivity contribution in [2.75, 3.05) is 31.5 Å². The molecule has 0 radical (unpaired) electrons. The summed E-state index contributed by atoms with van der Waals surface area (Å²) in [7, 11) is 3.15. The molecule has 4 aromatic carbocycles. The maximum Gasteiger partial charge on any atom is 0.272 e. The van der Waals surface area contributed by atoms with Crippen LogP contribution in [0.3, 0.4) is 0 Å². The number of thioether (sulfide) groups is 1. The fourth-order valence-corrected chi connectivity index (χ4v) is 6.40. The Balaban J connectivity index is 1.27. The molecule has 0 saturated heterocycles. The van der Waals surface area contributed by atoms with E-state index in [1.54, 1.807) is 87.9 Å². The number of carbonyl (C=O) groups excluding carboxylic acids is 3. The fraction of sp³-hybridized carbons (Fsp3) is 0.158. The summed E-state index contributed by atoms with van der Waals surface area (Å²) in [6.45, 7) is 4.11. The molecule has 10 nitrogen and oxygen atoms in total. The van der Waals surface area contributed by atoms with Gasteiger partial charge in [0, 0.05) is 32.7 Å². The molecule has 0 aliphatic rings. The van der Waals surface area contributed by atoms with E-state index in [1.165, 1.54) is 23.1 Å². The van der Waals surface area contributed by atoms with Gasteiger partial charge < -0.3 is 30.2 Å². The topological polar surface area (TPSA) is 128 Å². The molecule has 0 spiro atoms. The van der Waals surface area contributed by atoms with Crippen molar-refractivity contribution in [1.82, 2.24) is 10.3 Å². The van der Waals surface area contributed by atoms with Crippen molar-refractivity contribution in [1.29, 1.82) is 0 Å². The zero-order chi connectivity index (χ0) is 35.5. The van der Waals surface area contributed by atoms with E-state index in [0.29, 0.717) is 51.5 Å². The van der Waals surface area contributed by atoms with Gasteiger partial charge >= 0.3 is 0 Å². The second kappa shape index (κ2) is 17.2. The van der Waals surface area contributed by atoms with Crippen LogP contribution in [0, 0.1) is 0 Å². The van der Waals surface area contributed by atoms with Gasteiger partial charge in [-0.15, -0.1) is 23.1 Å². The summed E-state index contributed by atoms with van der Waals surface area (Å²) in [5.41, 5.74) is 3.09. The number of hydrogen-bond donors (Lipinski definition) is 3. The van der Waals surface area contributed by atoms with E-state index < -0.39 is 17.1 Å². The number of carbonyl (C=O) groups is 3. The van der Waals surface area contributed by atoms with Gasteiger partial charge in [-0.25, -0.2) is 4.98 Å². The lowest BCUT2D eigenvalue weighted by molar-refractivity contribution is -0.115. The number of ether oxygens (including phenoxy) is 3. The Morgan fingerprint density at radius 2 is 1.62 bits per heavy atom. The van der Waals surface area contributed by atoms with Gasteiger partial charge in [-0.3, -0.25) is 14.4 Å². The van der Waals surface area contributed by atoms with Gasteiger partial charge in [0.1, 0.15) is 11.4 Å². The van der Waals surface area contributed by atoms with E-state index in [9.17, 15) is 14.4 Å². The SMILES string of the molecule is CCOc1ccccc1/C=C(/NC(=O)c1ccccc1)C(=O)Nc1cccc(SC(C)C(=O)Nc2nc(-c3ccc(OC)c(OC)c3)cs2)c1. The van der Waals surface area contributed by atoms with Crippen LogP contribution >= 0.6 is 23.1 Å². The van der Waals surface area contributed by atoms with Crippen LogP contribution < -0.4 is 30.2 Å². The van der Waals surface area contributed by atoms with E-state index in [-0.39, 0.29) is 11.6 Å². The minimum atomic E-state index is -0.525. The molecule has 1 aromatic heterocycles. The minimum absolute atomic E-state index is 0.0349. The molecule has 5 aromatic rings. The largest absolute Gasteiger partial charge is 0.493 e. The lowest BCUT2D eigenvalue weighted by atomic mass is 10.1. The van der Waals surface area contributed by atoms with Crippen molar-refractivity contribution < 1.29 is 28.6 Å². The van der Waals surface area contributed by atoms with Crippen molar-refractivity contribution >= 4 is 57.7 Å². The number of benzene rings is 4. The Hall–Kier alpha value is -5.59. The highest BCUT2D eigenvalue weighted by molar-refractivity contribution is 8.00. The summed E-state index contributed by atoms with van der Waals surface area (Å²) in [5.74, 6) is 0.602. The maximum absolute atomic E-state index is 13.6. The number of para-hydroxylation sites is 1. The number of amides is 3. The smallest absolute Gasteiger partial charge is 0.272 e. The van der Waals surface area contributed by atoms with Gasteiger partial charge in [-0.05, 0) is 74.5 Å². The predicted molar refractivity (Wildman–Crippen MR) is 199 cm³/mol. The third-order valence-electron chi connectivity index (χ3n) is 7.24. The van der Waals surface area contributed by atoms with Gasteiger partial charge in [0.15, 0.2) is 16.6 Å². The molecule has 0 bridgehead atoms. The van der Waals surface area contributed by atoms with Crippen molar-refractivity contribution in [2.45, 2.75) is 24.0 Å². The molecule has 3 N–H and O–H groups in total. The molecule has 50 heavy (non-hydrogen) atoms. The highest BCUT2D eigenvalue weighted by Gasteiger charge is 2.19. The number of methoxy groups -OCH3 is 2. The van der Waals surface area contributed by atoms with E-state index >= 15 is 0 Å². The minimum Gasteiger partial charge on any atom is -0.493 e. The average molecular weight is 709 g/mol. The molecule has 3 amide bonds. The number of anilines is 2. The molecule has 0 aliphatic heterocycles. The number of nitrogens with zero attached hydrogens (tertiary/aromatic N) is 1. The lowest BCUT2D eigenvalue weighted by Crippen LogP contribution is -2.30. The highest BCUT2D eigenvalue weighted by Crippen LogP contribution is 2.34. The third-order valence-corrected chi connectivity index (χ3v) is 9.09. The molecule has 0 aliphatic carbocycles. The van der Waals surface area contributed by atoms with Gasteiger partial charge in [0.2, 0.25) is 5.91 Å². The first-order valence-electron chi connectivity index (χ1n) is 15.6. The second-order valence-electron chi connectivity index (χ2n) is 10.7. The van der Waals surface area contributed by atoms with Gasteiger partial charge in [0.05, 0.1) is 31.8 Å². The number of nitrogens with one attached hydrogen (secondary N) is 3. The van der Waals surface area contributed by atoms with E-state index in [2.05, 4.69) is 20.9 Å². The van der Waals surface area contributed by atoms with Crippen molar-refractivity contribution in [3.63, 3.8) is 0 Å². The number of aromatic nitrogens is 1. The molecule has 0 fully saturated rings. The Kier molecular flexibility index (Phi) is 12.3. The first-order valence-corrected chi connectivity index (χ1v) is 17.4. The number of rotatable bonds is 14. The van der Waals surface area contributed by atoms with Crippen molar-refractivity contribution in [3.8, 4) is 28.5 Å². The summed E-state index contributed by atoms with van der Waals surface area (Å²) < 4.78 is 16.4. The number of thiazole rings is 1. The molecule has 0 saturated carbocycles. The van der Waals surface area contributed by atoms with Gasteiger partial charge in [-0.1, -0.05) is 42.5 Å². The quantitative estimate of drug-likeness (QED) is 0.0790. The zero-order valence-electron chi connectivity index (χ0n) is 27.9. The molecular weight excluding hydrogens is 673 g/mol. The Morgan fingerprint density at radius 1 is 0.860 bits per heavy atom. The molecule has 12 heteroatoms. The summed E-state index contributed by atoms with van der Waals surface area (Å²) in [4.78, 5) is 45.2. The van der Waals surface area contributed by atoms with E-state index in [4.69, 9.17) is 14.2 Å². The molecule has 1 unspecified atom stereocenters. The van der Waals surface area contributed by atoms with Crippen LogP contribution in [0.15, 0.2) is 113 Å². The first kappa shape index (κ1) is 35.7. The van der Waals surface area contributed by atoms with Gasteiger partial charge in [0.25, 0.3) is 11.8 Å². The molecular formula is C38H36N4O6S2. The Labute approximate surface area is 298 Å². The average Bonchev–Trinajstić information content (AvgIpc) is 3.60. The van der Waals surface area contributed by atoms with E-state index in [1.807, 2.05) is 48.7 Å². The summed E-state index contributed by atoms with van der Waals surface area (Å²) in [6, 6.07) is 28.6. The first-order chi connectivity index (χ1) is 24.3. The van der Waals surface area contributed by atoms with Crippen molar-refractivity contribution in [2.24, 2.45) is 0 Å². The fourth-order valence-electron chi connectivity index (χ4n) is 4.75. The molecule has 5 rings (SSSR count). The van der Waals surface area contributed by atoms with Crippen LogP contribution in [0.1, 0.15) is 29.8 Å². The highest BCUT2D eigenvalue weighted by atomic mass is 32.2. The molecule has 1 atom stereocenters. The standard InChI is InChI=1S/C38H36N4O6S2/c1-5-48-32-17-10-9-14-27(32)20-30(40-36(44)25-12-7-6-8-13-25)37(45)39-28-15-11-16-29(22-28)50-24(2)35(43)42-38-41-31(23-49-38)26-18-19-33(46-3)34(21-26)47-4/h6-24H,5H2,1-4H3,(H,39,45)(H,40,44)(H,41,42,43)/b30-20+. The molecule has 256 valence electrons. The van der Waals surface area contributed by atoms with Gasteiger partial charge in [-0.2, -0.15) is 0 Å². The maximum atomic E-state index is 13.6. The van der Waals surface area contributed by atoms with Crippen LogP contribution in [0.5, 0.6) is 17.2 Å².